The number of nitrogens with zero attached hydrogens (tertiary/aromatic N) is 2. The van der Waals surface area contributed by atoms with Crippen LogP contribution in [-0.2, 0) is 25.5 Å². The molecule has 33 heavy (non-hydrogen) atoms. The summed E-state index contributed by atoms with van der Waals surface area (Å²) in [6, 6.07) is 7.42. The second-order valence-corrected chi connectivity index (χ2v) is 9.81. The Morgan fingerprint density at radius 3 is 2.88 bits per heavy atom. The molecule has 1 N–H and O–H groups in total. The number of thioether (sulfide) groups is 1. The van der Waals surface area contributed by atoms with Crippen molar-refractivity contribution in [2.24, 2.45) is 0 Å². The molecular formula is C24H33ClN2O5S. The largest absolute Gasteiger partial charge is 0.456 e. The molecule has 0 unspecified atom stereocenters. The molecule has 0 aromatic heterocycles. The van der Waals surface area contributed by atoms with Crippen molar-refractivity contribution in [2.75, 3.05) is 38.8 Å². The molecule has 0 bridgehead atoms. The number of amides is 2. The molecule has 1 fully saturated rings. The average molecular weight is 497 g/mol. The Morgan fingerprint density at radius 1 is 1.36 bits per heavy atom. The molecule has 9 heteroatoms. The van der Waals surface area contributed by atoms with Gasteiger partial charge in [0.05, 0.1) is 12.1 Å². The van der Waals surface area contributed by atoms with E-state index in [2.05, 4.69) is 0 Å². The van der Waals surface area contributed by atoms with Gasteiger partial charge in [-0.2, -0.15) is 11.8 Å². The third kappa shape index (κ3) is 10.2. The number of ether oxygens (including phenoxy) is 1. The predicted molar refractivity (Wildman–Crippen MR) is 131 cm³/mol. The van der Waals surface area contributed by atoms with E-state index >= 15 is 0 Å². The summed E-state index contributed by atoms with van der Waals surface area (Å²) in [5, 5.41) is 11.0. The number of aliphatic hydroxyl groups is 1. The first-order valence-corrected chi connectivity index (χ1v) is 12.6. The smallest absolute Gasteiger partial charge is 0.306 e. The lowest BCUT2D eigenvalue weighted by Crippen LogP contribution is -2.34. The Bertz CT molecular complexity index is 833. The van der Waals surface area contributed by atoms with Crippen molar-refractivity contribution < 1.29 is 24.2 Å². The van der Waals surface area contributed by atoms with Crippen LogP contribution >= 0.6 is 23.4 Å². The van der Waals surface area contributed by atoms with E-state index in [1.54, 1.807) is 38.0 Å². The quantitative estimate of drug-likeness (QED) is 0.257. The summed E-state index contributed by atoms with van der Waals surface area (Å²) in [6.07, 6.45) is 5.72. The van der Waals surface area contributed by atoms with Crippen molar-refractivity contribution in [2.45, 2.75) is 44.2 Å². The van der Waals surface area contributed by atoms with Crippen molar-refractivity contribution in [3.05, 3.63) is 47.0 Å². The van der Waals surface area contributed by atoms with Crippen LogP contribution in [-0.4, -0.2) is 83.6 Å². The molecular weight excluding hydrogens is 464 g/mol. The zero-order valence-corrected chi connectivity index (χ0v) is 20.8. The summed E-state index contributed by atoms with van der Waals surface area (Å²) >= 11 is 7.67. The van der Waals surface area contributed by atoms with Crippen molar-refractivity contribution in [3.63, 3.8) is 0 Å². The minimum Gasteiger partial charge on any atom is -0.456 e. The van der Waals surface area contributed by atoms with Crippen LogP contribution in [0.5, 0.6) is 0 Å². The molecule has 1 saturated heterocycles. The number of hydrogen-bond donors (Lipinski definition) is 1. The molecule has 0 radical (unpaired) electrons. The Labute approximate surface area is 205 Å². The molecule has 1 aromatic rings. The van der Waals surface area contributed by atoms with E-state index in [1.807, 2.05) is 29.2 Å². The van der Waals surface area contributed by atoms with Crippen LogP contribution < -0.4 is 0 Å². The first-order valence-electron chi connectivity index (χ1n) is 11.1. The van der Waals surface area contributed by atoms with Gasteiger partial charge in [0.1, 0.15) is 0 Å². The first-order chi connectivity index (χ1) is 15.8. The van der Waals surface area contributed by atoms with Gasteiger partial charge in [0.25, 0.3) is 5.91 Å². The predicted octanol–water partition coefficient (Wildman–Crippen LogP) is 2.94. The van der Waals surface area contributed by atoms with Crippen molar-refractivity contribution in [1.29, 1.82) is 0 Å². The Morgan fingerprint density at radius 2 is 2.15 bits per heavy atom. The molecule has 2 atom stereocenters. The van der Waals surface area contributed by atoms with Gasteiger partial charge >= 0.3 is 5.97 Å². The number of benzene rings is 1. The van der Waals surface area contributed by atoms with Crippen LogP contribution in [0.1, 0.15) is 31.2 Å². The Hall–Kier alpha value is -2.03. The molecule has 1 aliphatic heterocycles. The standard InChI is InChI=1S/C24H33ClN2O5S/c1-26(2)23(30)17-32-24(31)7-4-13-33-14-12-27-20(9-11-22(27)29)8-10-21(28)16-18-5-3-6-19(25)15-18/h3,5-6,8,10,15,20-21,28H,4,7,9,11-14,16-17H2,1-2H3/b10-8+/t20-,21+/m0/s1. The lowest BCUT2D eigenvalue weighted by molar-refractivity contribution is -0.151. The van der Waals surface area contributed by atoms with E-state index in [-0.39, 0.29) is 36.9 Å². The number of carbonyl (C=O) groups is 3. The van der Waals surface area contributed by atoms with Crippen LogP contribution in [0.2, 0.25) is 5.02 Å². The SMILES string of the molecule is CN(C)C(=O)COC(=O)CCCSCCN1C(=O)CC[C@@H]1/C=C/[C@@H](O)Cc1cccc(Cl)c1. The third-order valence-electron chi connectivity index (χ3n) is 5.27. The van der Waals surface area contributed by atoms with Gasteiger partial charge in [-0.15, -0.1) is 0 Å². The van der Waals surface area contributed by atoms with Crippen molar-refractivity contribution in [3.8, 4) is 0 Å². The number of halogens is 1. The lowest BCUT2D eigenvalue weighted by atomic mass is 10.1. The minimum absolute atomic E-state index is 0.00340. The fourth-order valence-electron chi connectivity index (χ4n) is 3.40. The molecule has 2 rings (SSSR count). The van der Waals surface area contributed by atoms with E-state index in [1.165, 1.54) is 4.90 Å². The molecule has 0 spiro atoms. The highest BCUT2D eigenvalue weighted by molar-refractivity contribution is 7.99. The molecule has 7 nitrogen and oxygen atoms in total. The summed E-state index contributed by atoms with van der Waals surface area (Å²) in [4.78, 5) is 38.6. The van der Waals surface area contributed by atoms with Crippen LogP contribution in [0, 0.1) is 0 Å². The summed E-state index contributed by atoms with van der Waals surface area (Å²) in [5.74, 6) is 1.06. The highest BCUT2D eigenvalue weighted by Crippen LogP contribution is 2.21. The third-order valence-corrected chi connectivity index (χ3v) is 6.55. The zero-order chi connectivity index (χ0) is 24.2. The number of esters is 1. The van der Waals surface area contributed by atoms with Crippen LogP contribution in [0.4, 0.5) is 0 Å². The van der Waals surface area contributed by atoms with Crippen LogP contribution in [0.3, 0.4) is 0 Å². The van der Waals surface area contributed by atoms with Gasteiger partial charge in [-0.05, 0) is 36.3 Å². The van der Waals surface area contributed by atoms with E-state index in [9.17, 15) is 19.5 Å². The number of carbonyl (C=O) groups excluding carboxylic acids is 3. The molecule has 1 aliphatic rings. The van der Waals surface area contributed by atoms with Crippen molar-refractivity contribution >= 4 is 41.1 Å². The Kier molecular flexibility index (Phi) is 11.8. The monoisotopic (exact) mass is 496 g/mol. The zero-order valence-electron chi connectivity index (χ0n) is 19.2. The normalized spacial score (nSPS) is 16.9. The Balaban J connectivity index is 1.65. The number of likely N-dealkylation sites (N-methyl/N-ethyl adjacent to an activating group) is 1. The molecule has 1 aromatic carbocycles. The summed E-state index contributed by atoms with van der Waals surface area (Å²) in [5.41, 5.74) is 0.962. The molecule has 0 aliphatic carbocycles. The average Bonchev–Trinajstić information content (AvgIpc) is 3.12. The maximum absolute atomic E-state index is 12.3. The van der Waals surface area contributed by atoms with E-state index in [4.69, 9.17) is 16.3 Å². The van der Waals surface area contributed by atoms with Gasteiger partial charge in [0.2, 0.25) is 5.91 Å². The summed E-state index contributed by atoms with van der Waals surface area (Å²) < 4.78 is 4.94. The van der Waals surface area contributed by atoms with Gasteiger partial charge in [-0.25, -0.2) is 0 Å². The maximum Gasteiger partial charge on any atom is 0.306 e. The second-order valence-electron chi connectivity index (χ2n) is 8.14. The molecule has 2 amide bonds. The second kappa shape index (κ2) is 14.3. The topological polar surface area (TPSA) is 87.2 Å². The van der Waals surface area contributed by atoms with E-state index in [0.717, 1.165) is 23.5 Å². The van der Waals surface area contributed by atoms with Gasteiger partial charge < -0.3 is 19.6 Å². The van der Waals surface area contributed by atoms with Crippen LogP contribution in [0.15, 0.2) is 36.4 Å². The van der Waals surface area contributed by atoms with Gasteiger partial charge in [-0.1, -0.05) is 35.9 Å². The molecule has 0 saturated carbocycles. The van der Waals surface area contributed by atoms with E-state index in [0.29, 0.717) is 30.8 Å². The van der Waals surface area contributed by atoms with Crippen molar-refractivity contribution in [1.82, 2.24) is 9.80 Å². The lowest BCUT2D eigenvalue weighted by Gasteiger charge is -2.22. The van der Waals surface area contributed by atoms with E-state index < -0.39 is 6.10 Å². The number of hydrogen-bond acceptors (Lipinski definition) is 6. The fourth-order valence-corrected chi connectivity index (χ4v) is 4.49. The number of aliphatic hydroxyl groups excluding tert-OH is 1. The molecule has 1 heterocycles. The number of likely N-dealkylation sites (tertiary alicyclic amines) is 1. The van der Waals surface area contributed by atoms with Gasteiger partial charge in [0, 0.05) is 50.7 Å². The van der Waals surface area contributed by atoms with Crippen LogP contribution in [0.25, 0.3) is 0 Å². The molecule has 182 valence electrons. The summed E-state index contributed by atoms with van der Waals surface area (Å²) in [6.45, 7) is 0.406. The van der Waals surface area contributed by atoms with Gasteiger partial charge in [-0.3, -0.25) is 14.4 Å². The minimum atomic E-state index is -0.636. The fraction of sp³-hybridized carbons (Fsp3) is 0.542. The first kappa shape index (κ1) is 27.2. The summed E-state index contributed by atoms with van der Waals surface area (Å²) in [7, 11) is 3.23. The highest BCUT2D eigenvalue weighted by atomic mass is 35.5. The van der Waals surface area contributed by atoms with Gasteiger partial charge in [0.15, 0.2) is 6.61 Å². The number of rotatable bonds is 13. The maximum atomic E-state index is 12.3. The highest BCUT2D eigenvalue weighted by Gasteiger charge is 2.28.